The van der Waals surface area contributed by atoms with E-state index < -0.39 is 0 Å². The molecule has 1 unspecified atom stereocenters. The molecule has 0 saturated heterocycles. The van der Waals surface area contributed by atoms with Crippen LogP contribution in [0.3, 0.4) is 0 Å². The third-order valence-corrected chi connectivity index (χ3v) is 4.62. The van der Waals surface area contributed by atoms with Crippen LogP contribution in [0.1, 0.15) is 44.3 Å². The normalized spacial score (nSPS) is 27.9. The van der Waals surface area contributed by atoms with Crippen molar-refractivity contribution in [2.45, 2.75) is 49.9 Å². The summed E-state index contributed by atoms with van der Waals surface area (Å²) in [4.78, 5) is 0. The minimum absolute atomic E-state index is 0.387. The molecular formula is C12H21N3S. The molecule has 0 radical (unpaired) electrons. The molecular weight excluding hydrogens is 218 g/mol. The highest BCUT2D eigenvalue weighted by molar-refractivity contribution is 7.99. The maximum absolute atomic E-state index is 3.99. The van der Waals surface area contributed by atoms with Crippen molar-refractivity contribution in [2.24, 2.45) is 0 Å². The minimum atomic E-state index is 0.387. The van der Waals surface area contributed by atoms with Crippen molar-refractivity contribution in [3.05, 3.63) is 18.0 Å². The van der Waals surface area contributed by atoms with Gasteiger partial charge in [0.25, 0.3) is 0 Å². The van der Waals surface area contributed by atoms with Gasteiger partial charge < -0.3 is 5.32 Å². The topological polar surface area (TPSA) is 40.7 Å². The van der Waals surface area contributed by atoms with Crippen LogP contribution in [-0.4, -0.2) is 27.7 Å². The summed E-state index contributed by atoms with van der Waals surface area (Å²) in [5.41, 5.74) is 1.19. The zero-order valence-corrected chi connectivity index (χ0v) is 10.9. The highest BCUT2D eigenvalue weighted by atomic mass is 32.2. The van der Waals surface area contributed by atoms with Gasteiger partial charge in [0.05, 0.1) is 5.69 Å². The van der Waals surface area contributed by atoms with E-state index in [-0.39, 0.29) is 0 Å². The first-order chi connectivity index (χ1) is 7.79. The van der Waals surface area contributed by atoms with E-state index in [0.717, 1.165) is 5.25 Å². The molecule has 1 aromatic heterocycles. The van der Waals surface area contributed by atoms with Gasteiger partial charge in [-0.05, 0) is 44.9 Å². The summed E-state index contributed by atoms with van der Waals surface area (Å²) >= 11 is 2.02. The number of aromatic amines is 1. The zero-order chi connectivity index (χ0) is 11.4. The summed E-state index contributed by atoms with van der Waals surface area (Å²) in [5, 5.41) is 11.6. The van der Waals surface area contributed by atoms with E-state index in [1.807, 2.05) is 24.0 Å². The van der Waals surface area contributed by atoms with Crippen LogP contribution in [0.15, 0.2) is 12.3 Å². The summed E-state index contributed by atoms with van der Waals surface area (Å²) in [6.07, 6.45) is 9.38. The van der Waals surface area contributed by atoms with Crippen LogP contribution in [0, 0.1) is 0 Å². The van der Waals surface area contributed by atoms with Gasteiger partial charge in [0.15, 0.2) is 0 Å². The van der Waals surface area contributed by atoms with Gasteiger partial charge in [0.1, 0.15) is 0 Å². The first kappa shape index (κ1) is 12.0. The van der Waals surface area contributed by atoms with E-state index in [2.05, 4.69) is 28.7 Å². The average molecular weight is 239 g/mol. The van der Waals surface area contributed by atoms with E-state index in [4.69, 9.17) is 0 Å². The van der Waals surface area contributed by atoms with E-state index in [9.17, 15) is 0 Å². The molecule has 0 amide bonds. The van der Waals surface area contributed by atoms with Gasteiger partial charge >= 0.3 is 0 Å². The summed E-state index contributed by atoms with van der Waals surface area (Å²) in [5.74, 6) is 0. The molecule has 1 atom stereocenters. The quantitative estimate of drug-likeness (QED) is 0.849. The highest BCUT2D eigenvalue weighted by Gasteiger charge is 2.21. The number of nitrogens with zero attached hydrogens (tertiary/aromatic N) is 1. The Morgan fingerprint density at radius 2 is 2.19 bits per heavy atom. The maximum Gasteiger partial charge on any atom is 0.0518 e. The molecule has 1 heterocycles. The smallest absolute Gasteiger partial charge is 0.0518 e. The number of thioether (sulfide) groups is 1. The Labute approximate surface area is 102 Å². The predicted molar refractivity (Wildman–Crippen MR) is 69.7 cm³/mol. The van der Waals surface area contributed by atoms with Crippen LogP contribution >= 0.6 is 11.8 Å². The molecule has 0 spiro atoms. The van der Waals surface area contributed by atoms with Gasteiger partial charge in [0.2, 0.25) is 0 Å². The van der Waals surface area contributed by atoms with Gasteiger partial charge in [0, 0.05) is 23.5 Å². The lowest BCUT2D eigenvalue weighted by Crippen LogP contribution is -2.35. The van der Waals surface area contributed by atoms with Crippen LogP contribution in [-0.2, 0) is 0 Å². The Balaban J connectivity index is 1.78. The predicted octanol–water partition coefficient (Wildman–Crippen LogP) is 2.73. The Kier molecular flexibility index (Phi) is 4.29. The third kappa shape index (κ3) is 3.01. The second-order valence-electron chi connectivity index (χ2n) is 4.61. The summed E-state index contributed by atoms with van der Waals surface area (Å²) in [6, 6.07) is 3.12. The first-order valence-corrected chi connectivity index (χ1v) is 7.36. The summed E-state index contributed by atoms with van der Waals surface area (Å²) in [6.45, 7) is 2.20. The van der Waals surface area contributed by atoms with Crippen molar-refractivity contribution >= 4 is 11.8 Å². The van der Waals surface area contributed by atoms with Gasteiger partial charge in [-0.25, -0.2) is 0 Å². The fourth-order valence-corrected chi connectivity index (χ4v) is 3.16. The molecule has 0 bridgehead atoms. The number of hydrogen-bond acceptors (Lipinski definition) is 3. The van der Waals surface area contributed by atoms with E-state index in [1.165, 1.54) is 31.4 Å². The largest absolute Gasteiger partial charge is 0.306 e. The van der Waals surface area contributed by atoms with Crippen LogP contribution in [0.5, 0.6) is 0 Å². The Morgan fingerprint density at radius 3 is 2.75 bits per heavy atom. The standard InChI is InChI=1S/C12H21N3S/c1-9(12-7-8-13-15-12)14-10-3-5-11(16-2)6-4-10/h7-11,14H,3-6H2,1-2H3,(H,13,15). The molecule has 0 aromatic carbocycles. The number of H-pyrrole nitrogens is 1. The lowest BCUT2D eigenvalue weighted by Gasteiger charge is -2.30. The fraction of sp³-hybridized carbons (Fsp3) is 0.750. The SMILES string of the molecule is CSC1CCC(NC(C)c2ccn[nH]2)CC1. The molecule has 4 heteroatoms. The molecule has 90 valence electrons. The van der Waals surface area contributed by atoms with E-state index >= 15 is 0 Å². The second-order valence-corrected chi connectivity index (χ2v) is 5.75. The van der Waals surface area contributed by atoms with Crippen LogP contribution in [0.25, 0.3) is 0 Å². The van der Waals surface area contributed by atoms with E-state index in [0.29, 0.717) is 12.1 Å². The minimum Gasteiger partial charge on any atom is -0.306 e. The first-order valence-electron chi connectivity index (χ1n) is 6.07. The fourth-order valence-electron chi connectivity index (χ4n) is 2.42. The van der Waals surface area contributed by atoms with Crippen LogP contribution < -0.4 is 5.32 Å². The Hall–Kier alpha value is -0.480. The Bertz CT molecular complexity index is 291. The summed E-state index contributed by atoms with van der Waals surface area (Å²) in [7, 11) is 0. The van der Waals surface area contributed by atoms with Gasteiger partial charge in [-0.3, -0.25) is 5.10 Å². The monoisotopic (exact) mass is 239 g/mol. The van der Waals surface area contributed by atoms with Crippen LogP contribution in [0.4, 0.5) is 0 Å². The lowest BCUT2D eigenvalue weighted by molar-refractivity contribution is 0.349. The molecule has 2 N–H and O–H groups in total. The van der Waals surface area contributed by atoms with Crippen molar-refractivity contribution < 1.29 is 0 Å². The van der Waals surface area contributed by atoms with Gasteiger partial charge in [-0.2, -0.15) is 16.9 Å². The van der Waals surface area contributed by atoms with Crippen molar-refractivity contribution in [3.8, 4) is 0 Å². The maximum atomic E-state index is 3.99. The van der Waals surface area contributed by atoms with Crippen molar-refractivity contribution in [3.63, 3.8) is 0 Å². The molecule has 1 aromatic rings. The number of nitrogens with one attached hydrogen (secondary N) is 2. The molecule has 1 fully saturated rings. The molecule has 3 nitrogen and oxygen atoms in total. The molecule has 0 aliphatic heterocycles. The molecule has 1 aliphatic rings. The zero-order valence-electron chi connectivity index (χ0n) is 10.1. The number of rotatable bonds is 4. The molecule has 1 saturated carbocycles. The number of hydrogen-bond donors (Lipinski definition) is 2. The van der Waals surface area contributed by atoms with Crippen molar-refractivity contribution in [1.29, 1.82) is 0 Å². The molecule has 1 aliphatic carbocycles. The van der Waals surface area contributed by atoms with Crippen molar-refractivity contribution in [1.82, 2.24) is 15.5 Å². The molecule has 2 rings (SSSR count). The molecule has 16 heavy (non-hydrogen) atoms. The Morgan fingerprint density at radius 1 is 1.44 bits per heavy atom. The van der Waals surface area contributed by atoms with Gasteiger partial charge in [-0.1, -0.05) is 0 Å². The second kappa shape index (κ2) is 5.73. The van der Waals surface area contributed by atoms with E-state index in [1.54, 1.807) is 0 Å². The average Bonchev–Trinajstić information content (AvgIpc) is 2.83. The summed E-state index contributed by atoms with van der Waals surface area (Å²) < 4.78 is 0. The third-order valence-electron chi connectivity index (χ3n) is 3.48. The highest BCUT2D eigenvalue weighted by Crippen LogP contribution is 2.27. The number of aromatic nitrogens is 2. The van der Waals surface area contributed by atoms with Crippen molar-refractivity contribution in [2.75, 3.05) is 6.26 Å². The van der Waals surface area contributed by atoms with Crippen LogP contribution in [0.2, 0.25) is 0 Å². The van der Waals surface area contributed by atoms with Gasteiger partial charge in [-0.15, -0.1) is 0 Å². The lowest BCUT2D eigenvalue weighted by atomic mass is 9.94.